The molecular weight excluding hydrogens is 404 g/mol. The van der Waals surface area contributed by atoms with E-state index in [-0.39, 0.29) is 28.6 Å². The SMILES string of the molecule is CCC12c3ccccc3C(c3ccccc31)C1C(=O)N(c3ccc(N([O-])O)cc3)C(=O)C12. The summed E-state index contributed by atoms with van der Waals surface area (Å²) in [4.78, 5) is 29.0. The summed E-state index contributed by atoms with van der Waals surface area (Å²) in [5.41, 5.74) is 4.45. The summed E-state index contributed by atoms with van der Waals surface area (Å²) in [6.07, 6.45) is 0.705. The molecule has 0 spiro atoms. The van der Waals surface area contributed by atoms with Gasteiger partial charge in [-0.25, -0.2) is 4.90 Å². The summed E-state index contributed by atoms with van der Waals surface area (Å²) in [5.74, 6) is -1.53. The van der Waals surface area contributed by atoms with E-state index in [1.54, 1.807) is 0 Å². The molecule has 1 saturated heterocycles. The molecule has 6 heteroatoms. The number of imide groups is 1. The zero-order valence-corrected chi connectivity index (χ0v) is 17.4. The second kappa shape index (κ2) is 6.51. The van der Waals surface area contributed by atoms with E-state index >= 15 is 0 Å². The largest absolute Gasteiger partial charge is 0.733 e. The lowest BCUT2D eigenvalue weighted by atomic mass is 9.46. The Morgan fingerprint density at radius 1 is 0.906 bits per heavy atom. The van der Waals surface area contributed by atoms with Crippen molar-refractivity contribution in [1.82, 2.24) is 0 Å². The first kappa shape index (κ1) is 19.2. The quantitative estimate of drug-likeness (QED) is 0.499. The predicted molar refractivity (Wildman–Crippen MR) is 119 cm³/mol. The predicted octanol–water partition coefficient (Wildman–Crippen LogP) is 4.34. The lowest BCUT2D eigenvalue weighted by Gasteiger charge is -2.54. The fourth-order valence-corrected chi connectivity index (χ4v) is 6.51. The number of nitrogens with zero attached hydrogens (tertiary/aromatic N) is 2. The van der Waals surface area contributed by atoms with Gasteiger partial charge in [0, 0.05) is 11.3 Å². The van der Waals surface area contributed by atoms with Gasteiger partial charge in [-0.05, 0) is 52.9 Å². The number of rotatable bonds is 3. The molecule has 2 atom stereocenters. The molecule has 32 heavy (non-hydrogen) atoms. The van der Waals surface area contributed by atoms with Crippen LogP contribution in [-0.2, 0) is 15.0 Å². The van der Waals surface area contributed by atoms with E-state index in [1.165, 1.54) is 29.2 Å². The standard InChI is InChI=1S/C26H21N2O4/c1-2-26-19-9-5-3-7-17(19)21(18-8-4-6-10-20(18)26)22-23(26)25(30)27(24(22)29)15-11-13-16(14-12-15)28(31)32/h3-14,21-23,31H,2H2,1H3/q-1. The average molecular weight is 425 g/mol. The van der Waals surface area contributed by atoms with Crippen LogP contribution in [-0.4, -0.2) is 17.0 Å². The van der Waals surface area contributed by atoms with Crippen LogP contribution in [0.3, 0.4) is 0 Å². The first-order chi connectivity index (χ1) is 15.5. The lowest BCUT2D eigenvalue weighted by molar-refractivity contribution is -0.123. The van der Waals surface area contributed by atoms with Gasteiger partial charge in [0.1, 0.15) is 0 Å². The summed E-state index contributed by atoms with van der Waals surface area (Å²) < 4.78 is 0. The maximum absolute atomic E-state index is 13.9. The van der Waals surface area contributed by atoms with Crippen LogP contribution in [0.1, 0.15) is 41.5 Å². The highest BCUT2D eigenvalue weighted by atomic mass is 16.8. The molecule has 3 aromatic rings. The molecular formula is C26H21N2O4-. The number of amides is 2. The molecule has 3 aromatic carbocycles. The van der Waals surface area contributed by atoms with Crippen molar-refractivity contribution < 1.29 is 14.8 Å². The normalized spacial score (nSPS) is 27.2. The van der Waals surface area contributed by atoms with Crippen molar-refractivity contribution in [2.24, 2.45) is 11.8 Å². The van der Waals surface area contributed by atoms with Gasteiger partial charge in [0.05, 0.1) is 23.2 Å². The first-order valence-electron chi connectivity index (χ1n) is 10.8. The van der Waals surface area contributed by atoms with Gasteiger partial charge in [-0.3, -0.25) is 14.8 Å². The molecule has 6 nitrogen and oxygen atoms in total. The van der Waals surface area contributed by atoms with Gasteiger partial charge >= 0.3 is 0 Å². The highest BCUT2D eigenvalue weighted by molar-refractivity contribution is 6.23. The number of hydrogen-bond acceptors (Lipinski definition) is 5. The summed E-state index contributed by atoms with van der Waals surface area (Å²) >= 11 is 0. The van der Waals surface area contributed by atoms with Crippen LogP contribution in [0.25, 0.3) is 0 Å². The van der Waals surface area contributed by atoms with Crippen molar-refractivity contribution in [3.05, 3.63) is 100 Å². The second-order valence-electron chi connectivity index (χ2n) is 8.78. The Bertz CT molecular complexity index is 1220. The molecule has 7 rings (SSSR count). The van der Waals surface area contributed by atoms with Crippen LogP contribution in [0.5, 0.6) is 0 Å². The maximum atomic E-state index is 13.9. The van der Waals surface area contributed by atoms with Crippen molar-refractivity contribution >= 4 is 23.2 Å². The molecule has 2 amide bonds. The van der Waals surface area contributed by atoms with Crippen LogP contribution in [0.15, 0.2) is 72.8 Å². The van der Waals surface area contributed by atoms with E-state index in [2.05, 4.69) is 31.2 Å². The van der Waals surface area contributed by atoms with Gasteiger partial charge in [0.25, 0.3) is 0 Å². The Kier molecular flexibility index (Phi) is 3.91. The maximum Gasteiger partial charge on any atom is 0.238 e. The van der Waals surface area contributed by atoms with Crippen LogP contribution in [0.4, 0.5) is 11.4 Å². The van der Waals surface area contributed by atoms with E-state index in [9.17, 15) is 14.8 Å². The van der Waals surface area contributed by atoms with Crippen LogP contribution in [0.2, 0.25) is 0 Å². The number of benzene rings is 3. The van der Waals surface area contributed by atoms with E-state index < -0.39 is 17.3 Å². The summed E-state index contributed by atoms with van der Waals surface area (Å²) in [6.45, 7) is 2.09. The monoisotopic (exact) mass is 425 g/mol. The number of anilines is 2. The molecule has 3 aliphatic carbocycles. The molecule has 4 aliphatic rings. The number of hydrogen-bond donors (Lipinski definition) is 1. The topological polar surface area (TPSA) is 83.9 Å². The van der Waals surface area contributed by atoms with E-state index in [4.69, 9.17) is 5.21 Å². The molecule has 160 valence electrons. The highest BCUT2D eigenvalue weighted by Crippen LogP contribution is 2.65. The Balaban J connectivity index is 1.57. The third-order valence-corrected chi connectivity index (χ3v) is 7.68. The Hall–Kier alpha value is -3.48. The fraction of sp³-hybridized carbons (Fsp3) is 0.231. The Labute approximate surface area is 185 Å². The molecule has 2 unspecified atom stereocenters. The van der Waals surface area contributed by atoms with Gasteiger partial charge in [-0.15, -0.1) is 0 Å². The Morgan fingerprint density at radius 3 is 2.00 bits per heavy atom. The first-order valence-corrected chi connectivity index (χ1v) is 10.8. The number of carbonyl (C=O) groups excluding carboxylic acids is 2. The smallest absolute Gasteiger partial charge is 0.238 e. The minimum absolute atomic E-state index is 0.0372. The van der Waals surface area contributed by atoms with Crippen LogP contribution in [0, 0.1) is 17.0 Å². The van der Waals surface area contributed by atoms with Crippen molar-refractivity contribution in [3.63, 3.8) is 0 Å². The third-order valence-electron chi connectivity index (χ3n) is 7.68. The van der Waals surface area contributed by atoms with Crippen molar-refractivity contribution in [2.45, 2.75) is 24.7 Å². The summed E-state index contributed by atoms with van der Waals surface area (Å²) in [5, 5.41) is 20.1. The van der Waals surface area contributed by atoms with Gasteiger partial charge < -0.3 is 10.4 Å². The van der Waals surface area contributed by atoms with Gasteiger partial charge in [0.15, 0.2) is 0 Å². The summed E-state index contributed by atoms with van der Waals surface area (Å²) in [6, 6.07) is 22.3. The minimum Gasteiger partial charge on any atom is -0.733 e. The molecule has 0 radical (unpaired) electrons. The second-order valence-corrected chi connectivity index (χ2v) is 8.78. The van der Waals surface area contributed by atoms with Crippen LogP contribution >= 0.6 is 0 Å². The van der Waals surface area contributed by atoms with E-state index in [0.717, 1.165) is 22.3 Å². The molecule has 1 fully saturated rings. The molecule has 0 saturated carbocycles. The third kappa shape index (κ3) is 2.16. The van der Waals surface area contributed by atoms with Crippen LogP contribution < -0.4 is 10.1 Å². The van der Waals surface area contributed by atoms with Gasteiger partial charge in [-0.1, -0.05) is 55.5 Å². The van der Waals surface area contributed by atoms with Crippen molar-refractivity contribution in [1.29, 1.82) is 0 Å². The lowest BCUT2D eigenvalue weighted by Crippen LogP contribution is -2.53. The molecule has 1 aliphatic heterocycles. The number of carbonyl (C=O) groups is 2. The molecule has 1 N–H and O–H groups in total. The van der Waals surface area contributed by atoms with Gasteiger partial charge in [-0.2, -0.15) is 0 Å². The Morgan fingerprint density at radius 2 is 1.47 bits per heavy atom. The fourth-order valence-electron chi connectivity index (χ4n) is 6.51. The van der Waals surface area contributed by atoms with E-state index in [1.807, 2.05) is 24.3 Å². The van der Waals surface area contributed by atoms with Crippen molar-refractivity contribution in [3.8, 4) is 0 Å². The molecule has 1 heterocycles. The highest BCUT2D eigenvalue weighted by Gasteiger charge is 2.67. The molecule has 2 bridgehead atoms. The zero-order valence-electron chi connectivity index (χ0n) is 17.4. The summed E-state index contributed by atoms with van der Waals surface area (Å²) in [7, 11) is 0. The van der Waals surface area contributed by atoms with Crippen molar-refractivity contribution in [2.75, 3.05) is 10.1 Å². The minimum atomic E-state index is -0.565. The van der Waals surface area contributed by atoms with E-state index in [0.29, 0.717) is 12.1 Å². The average Bonchev–Trinajstić information content (AvgIpc) is 3.10. The molecule has 0 aromatic heterocycles. The van der Waals surface area contributed by atoms with Gasteiger partial charge in [0.2, 0.25) is 11.8 Å². The zero-order chi connectivity index (χ0) is 22.2.